The second kappa shape index (κ2) is 5.59. The van der Waals surface area contributed by atoms with Crippen LogP contribution in [-0.4, -0.2) is 23.0 Å². The molecular weight excluding hydrogens is 239 g/mol. The van der Waals surface area contributed by atoms with Gasteiger partial charge in [-0.1, -0.05) is 6.92 Å². The number of carboxylic acid groups (broad SMARTS) is 1. The molecule has 0 fully saturated rings. The lowest BCUT2D eigenvalue weighted by Gasteiger charge is -2.16. The quantitative estimate of drug-likeness (QED) is 0.758. The van der Waals surface area contributed by atoms with Crippen molar-refractivity contribution in [3.05, 3.63) is 29.6 Å². The van der Waals surface area contributed by atoms with Crippen LogP contribution < -0.4 is 11.1 Å². The van der Waals surface area contributed by atoms with E-state index in [0.717, 1.165) is 18.2 Å². The molecular formula is C12H15FN2O3. The first-order chi connectivity index (χ1) is 8.32. The Hall–Kier alpha value is -1.95. The molecule has 2 unspecified atom stereocenters. The third kappa shape index (κ3) is 3.27. The first-order valence-electron chi connectivity index (χ1n) is 5.42. The van der Waals surface area contributed by atoms with Gasteiger partial charge in [0, 0.05) is 6.04 Å². The molecule has 0 saturated carbocycles. The van der Waals surface area contributed by atoms with E-state index in [1.165, 1.54) is 0 Å². The van der Waals surface area contributed by atoms with Gasteiger partial charge in [-0.2, -0.15) is 0 Å². The Labute approximate surface area is 104 Å². The lowest BCUT2D eigenvalue weighted by molar-refractivity contribution is -0.119. The molecule has 0 aromatic heterocycles. The van der Waals surface area contributed by atoms with Gasteiger partial charge in [0.15, 0.2) is 0 Å². The number of amides is 1. The van der Waals surface area contributed by atoms with Gasteiger partial charge in [0.05, 0.1) is 17.2 Å². The van der Waals surface area contributed by atoms with Gasteiger partial charge in [0.25, 0.3) is 0 Å². The van der Waals surface area contributed by atoms with E-state index in [1.807, 2.05) is 0 Å². The summed E-state index contributed by atoms with van der Waals surface area (Å²) in [4.78, 5) is 22.7. The standard InChI is InChI=1S/C12H15FN2O3/c1-6(7(2)14)11(16)15-10-5-8(13)3-4-9(10)12(17)18/h3-7H,14H2,1-2H3,(H,15,16)(H,17,18). The van der Waals surface area contributed by atoms with Gasteiger partial charge in [-0.25, -0.2) is 9.18 Å². The molecule has 98 valence electrons. The fourth-order valence-corrected chi connectivity index (χ4v) is 1.29. The third-order valence-corrected chi connectivity index (χ3v) is 2.67. The average molecular weight is 254 g/mol. The molecule has 0 radical (unpaired) electrons. The molecule has 6 heteroatoms. The molecule has 5 nitrogen and oxygen atoms in total. The van der Waals surface area contributed by atoms with Crippen molar-refractivity contribution >= 4 is 17.6 Å². The second-order valence-electron chi connectivity index (χ2n) is 4.13. The number of carbonyl (C=O) groups excluding carboxylic acids is 1. The summed E-state index contributed by atoms with van der Waals surface area (Å²) in [5.41, 5.74) is 5.33. The molecule has 0 saturated heterocycles. The summed E-state index contributed by atoms with van der Waals surface area (Å²) in [5, 5.41) is 11.3. The first-order valence-corrected chi connectivity index (χ1v) is 5.42. The maximum atomic E-state index is 13.1. The first kappa shape index (κ1) is 14.1. The van der Waals surface area contributed by atoms with Crippen LogP contribution in [0, 0.1) is 11.7 Å². The van der Waals surface area contributed by atoms with Gasteiger partial charge in [0.2, 0.25) is 5.91 Å². The SMILES string of the molecule is CC(N)C(C)C(=O)Nc1cc(F)ccc1C(=O)O. The van der Waals surface area contributed by atoms with Gasteiger partial charge in [-0.05, 0) is 25.1 Å². The number of anilines is 1. The maximum Gasteiger partial charge on any atom is 0.337 e. The second-order valence-corrected chi connectivity index (χ2v) is 4.13. The number of aromatic carboxylic acids is 1. The van der Waals surface area contributed by atoms with E-state index in [2.05, 4.69) is 5.32 Å². The number of halogens is 1. The largest absolute Gasteiger partial charge is 0.478 e. The van der Waals surface area contributed by atoms with Crippen LogP contribution in [0.5, 0.6) is 0 Å². The van der Waals surface area contributed by atoms with Crippen molar-refractivity contribution in [2.45, 2.75) is 19.9 Å². The van der Waals surface area contributed by atoms with Gasteiger partial charge >= 0.3 is 5.97 Å². The van der Waals surface area contributed by atoms with Gasteiger partial charge in [-0.3, -0.25) is 4.79 Å². The zero-order valence-electron chi connectivity index (χ0n) is 10.1. The Bertz CT molecular complexity index is 474. The van der Waals surface area contributed by atoms with E-state index >= 15 is 0 Å². The Kier molecular flexibility index (Phi) is 4.38. The van der Waals surface area contributed by atoms with E-state index in [-0.39, 0.29) is 17.3 Å². The van der Waals surface area contributed by atoms with Gasteiger partial charge in [0.1, 0.15) is 5.82 Å². The number of nitrogens with one attached hydrogen (secondary N) is 1. The van der Waals surface area contributed by atoms with Crippen molar-refractivity contribution in [3.8, 4) is 0 Å². The van der Waals surface area contributed by atoms with E-state index in [4.69, 9.17) is 10.8 Å². The molecule has 0 aliphatic rings. The summed E-state index contributed by atoms with van der Waals surface area (Å²) in [6, 6.07) is 2.71. The van der Waals surface area contributed by atoms with Crippen LogP contribution in [0.25, 0.3) is 0 Å². The summed E-state index contributed by atoms with van der Waals surface area (Å²) in [6.45, 7) is 3.27. The van der Waals surface area contributed by atoms with Crippen molar-refractivity contribution in [1.82, 2.24) is 0 Å². The van der Waals surface area contributed by atoms with Crippen LogP contribution in [0.3, 0.4) is 0 Å². The van der Waals surface area contributed by atoms with Crippen LogP contribution in [0.15, 0.2) is 18.2 Å². The summed E-state index contributed by atoms with van der Waals surface area (Å²) < 4.78 is 13.1. The number of carboxylic acids is 1. The van der Waals surface area contributed by atoms with Crippen LogP contribution in [0.1, 0.15) is 24.2 Å². The van der Waals surface area contributed by atoms with E-state index in [0.29, 0.717) is 0 Å². The predicted octanol–water partition coefficient (Wildman–Crippen LogP) is 1.45. The Morgan fingerprint density at radius 1 is 1.39 bits per heavy atom. The average Bonchev–Trinajstić information content (AvgIpc) is 2.27. The highest BCUT2D eigenvalue weighted by Crippen LogP contribution is 2.18. The summed E-state index contributed by atoms with van der Waals surface area (Å²) in [6.07, 6.45) is 0. The molecule has 0 aliphatic heterocycles. The van der Waals surface area contributed by atoms with Crippen molar-refractivity contribution in [3.63, 3.8) is 0 Å². The lowest BCUT2D eigenvalue weighted by Crippen LogP contribution is -2.34. The summed E-state index contributed by atoms with van der Waals surface area (Å²) in [7, 11) is 0. The van der Waals surface area contributed by atoms with Crippen molar-refractivity contribution in [2.24, 2.45) is 11.7 Å². The van der Waals surface area contributed by atoms with Crippen molar-refractivity contribution in [2.75, 3.05) is 5.32 Å². The minimum Gasteiger partial charge on any atom is -0.478 e. The lowest BCUT2D eigenvalue weighted by atomic mass is 10.0. The van der Waals surface area contributed by atoms with E-state index in [9.17, 15) is 14.0 Å². The monoisotopic (exact) mass is 254 g/mol. The van der Waals surface area contributed by atoms with Crippen LogP contribution >= 0.6 is 0 Å². The molecule has 1 rings (SSSR count). The fraction of sp³-hybridized carbons (Fsp3) is 0.333. The molecule has 0 spiro atoms. The molecule has 0 bridgehead atoms. The molecule has 4 N–H and O–H groups in total. The minimum atomic E-state index is -1.24. The normalized spacial score (nSPS) is 13.8. The van der Waals surface area contributed by atoms with Crippen LogP contribution in [0.2, 0.25) is 0 Å². The van der Waals surface area contributed by atoms with Crippen molar-refractivity contribution < 1.29 is 19.1 Å². The predicted molar refractivity (Wildman–Crippen MR) is 64.8 cm³/mol. The summed E-state index contributed by atoms with van der Waals surface area (Å²) in [5.74, 6) is -2.81. The number of rotatable bonds is 4. The topological polar surface area (TPSA) is 92.4 Å². The number of nitrogens with two attached hydrogens (primary N) is 1. The van der Waals surface area contributed by atoms with Gasteiger partial charge < -0.3 is 16.2 Å². The molecule has 18 heavy (non-hydrogen) atoms. The Balaban J connectivity index is 2.99. The zero-order chi connectivity index (χ0) is 13.9. The molecule has 0 heterocycles. The van der Waals surface area contributed by atoms with E-state index in [1.54, 1.807) is 13.8 Å². The van der Waals surface area contributed by atoms with E-state index < -0.39 is 23.6 Å². The number of hydrogen-bond acceptors (Lipinski definition) is 3. The highest BCUT2D eigenvalue weighted by atomic mass is 19.1. The molecule has 1 amide bonds. The molecule has 1 aromatic carbocycles. The third-order valence-electron chi connectivity index (χ3n) is 2.67. The zero-order valence-corrected chi connectivity index (χ0v) is 10.1. The fourth-order valence-electron chi connectivity index (χ4n) is 1.29. The Morgan fingerprint density at radius 2 is 2.00 bits per heavy atom. The molecule has 0 aliphatic carbocycles. The smallest absolute Gasteiger partial charge is 0.337 e. The molecule has 2 atom stereocenters. The van der Waals surface area contributed by atoms with Crippen LogP contribution in [-0.2, 0) is 4.79 Å². The minimum absolute atomic E-state index is 0.0694. The number of carbonyl (C=O) groups is 2. The highest BCUT2D eigenvalue weighted by molar-refractivity contribution is 6.01. The molecule has 1 aromatic rings. The highest BCUT2D eigenvalue weighted by Gasteiger charge is 2.20. The maximum absolute atomic E-state index is 13.1. The van der Waals surface area contributed by atoms with Crippen molar-refractivity contribution in [1.29, 1.82) is 0 Å². The van der Waals surface area contributed by atoms with Gasteiger partial charge in [-0.15, -0.1) is 0 Å². The summed E-state index contributed by atoms with van der Waals surface area (Å²) >= 11 is 0. The number of hydrogen-bond donors (Lipinski definition) is 3. The number of benzene rings is 1. The van der Waals surface area contributed by atoms with Crippen LogP contribution in [0.4, 0.5) is 10.1 Å². The Morgan fingerprint density at radius 3 is 2.50 bits per heavy atom.